The van der Waals surface area contributed by atoms with Crippen molar-refractivity contribution in [2.24, 2.45) is 7.05 Å². The summed E-state index contributed by atoms with van der Waals surface area (Å²) in [5, 5.41) is 0. The fourth-order valence-electron chi connectivity index (χ4n) is 2.28. The van der Waals surface area contributed by atoms with Crippen LogP contribution in [0.25, 0.3) is 0 Å². The maximum atomic E-state index is 5.72. The fourth-order valence-corrected chi connectivity index (χ4v) is 2.76. The maximum absolute atomic E-state index is 5.72. The van der Waals surface area contributed by atoms with Gasteiger partial charge in [0.05, 0.1) is 18.9 Å². The molecule has 0 radical (unpaired) electrons. The van der Waals surface area contributed by atoms with Gasteiger partial charge in [-0.15, -0.1) is 0 Å². The number of rotatable bonds is 2. The minimum absolute atomic E-state index is 0.711. The predicted molar refractivity (Wildman–Crippen MR) is 80.5 cm³/mol. The first-order valence-corrected chi connectivity index (χ1v) is 7.50. The van der Waals surface area contributed by atoms with Crippen molar-refractivity contribution in [1.29, 1.82) is 0 Å². The Labute approximate surface area is 126 Å². The summed E-state index contributed by atoms with van der Waals surface area (Å²) < 4.78 is 14.4. The first-order chi connectivity index (χ1) is 9.65. The number of nitrogens with zero attached hydrogens (tertiary/aromatic N) is 2. The van der Waals surface area contributed by atoms with Gasteiger partial charge in [0, 0.05) is 19.9 Å². The molecule has 1 aliphatic rings. The number of aromatic nitrogens is 2. The number of halogens is 1. The third kappa shape index (κ3) is 2.54. The molecule has 2 heterocycles. The molecule has 1 aromatic heterocycles. The van der Waals surface area contributed by atoms with Gasteiger partial charge in [-0.1, -0.05) is 6.07 Å². The van der Waals surface area contributed by atoms with Crippen molar-refractivity contribution in [1.82, 2.24) is 9.55 Å². The molecule has 0 amide bonds. The van der Waals surface area contributed by atoms with Crippen LogP contribution in [-0.4, -0.2) is 22.8 Å². The molecule has 0 unspecified atom stereocenters. The zero-order valence-electron chi connectivity index (χ0n) is 11.6. The maximum Gasteiger partial charge on any atom is 0.161 e. The minimum Gasteiger partial charge on any atom is -0.490 e. The van der Waals surface area contributed by atoms with Gasteiger partial charge in [0.25, 0.3) is 0 Å². The smallest absolute Gasteiger partial charge is 0.161 e. The first-order valence-electron chi connectivity index (χ1n) is 6.71. The molecule has 0 saturated heterocycles. The molecular formula is C15H17BrN2O2. The Hall–Kier alpha value is -1.49. The second-order valence-electron chi connectivity index (χ2n) is 4.96. The predicted octanol–water partition coefficient (Wildman–Crippen LogP) is 3.24. The van der Waals surface area contributed by atoms with E-state index in [0.717, 1.165) is 47.1 Å². The number of benzene rings is 1. The summed E-state index contributed by atoms with van der Waals surface area (Å²) in [4.78, 5) is 4.58. The van der Waals surface area contributed by atoms with E-state index in [9.17, 15) is 0 Å². The molecular weight excluding hydrogens is 320 g/mol. The van der Waals surface area contributed by atoms with Crippen LogP contribution in [0.5, 0.6) is 11.5 Å². The van der Waals surface area contributed by atoms with E-state index in [0.29, 0.717) is 6.61 Å². The molecule has 0 N–H and O–H groups in total. The minimum atomic E-state index is 0.711. The Morgan fingerprint density at radius 3 is 2.70 bits per heavy atom. The number of ether oxygens (including phenoxy) is 2. The summed E-state index contributed by atoms with van der Waals surface area (Å²) in [6.45, 7) is 3.43. The molecule has 0 aliphatic carbocycles. The van der Waals surface area contributed by atoms with E-state index < -0.39 is 0 Å². The lowest BCUT2D eigenvalue weighted by Gasteiger charge is -2.09. The zero-order chi connectivity index (χ0) is 14.1. The van der Waals surface area contributed by atoms with E-state index in [1.54, 1.807) is 0 Å². The average Bonchev–Trinajstić information content (AvgIpc) is 2.64. The van der Waals surface area contributed by atoms with Crippen LogP contribution < -0.4 is 9.47 Å². The van der Waals surface area contributed by atoms with Crippen LogP contribution in [0.3, 0.4) is 0 Å². The summed E-state index contributed by atoms with van der Waals surface area (Å²) >= 11 is 3.59. The van der Waals surface area contributed by atoms with Crippen molar-refractivity contribution < 1.29 is 9.47 Å². The normalized spacial score (nSPS) is 14.2. The second-order valence-corrected chi connectivity index (χ2v) is 5.72. The lowest BCUT2D eigenvalue weighted by Crippen LogP contribution is -1.97. The van der Waals surface area contributed by atoms with E-state index in [4.69, 9.17) is 9.47 Å². The fraction of sp³-hybridized carbons (Fsp3) is 0.400. The number of hydrogen-bond acceptors (Lipinski definition) is 3. The van der Waals surface area contributed by atoms with Gasteiger partial charge < -0.3 is 14.0 Å². The summed E-state index contributed by atoms with van der Waals surface area (Å²) in [5.74, 6) is 2.67. The molecule has 4 nitrogen and oxygen atoms in total. The van der Waals surface area contributed by atoms with Crippen LogP contribution in [-0.2, 0) is 13.5 Å². The van der Waals surface area contributed by atoms with Gasteiger partial charge in [0.15, 0.2) is 11.5 Å². The van der Waals surface area contributed by atoms with Crippen molar-refractivity contribution in [3.63, 3.8) is 0 Å². The molecule has 0 spiro atoms. The van der Waals surface area contributed by atoms with Crippen molar-refractivity contribution in [3.8, 4) is 11.5 Å². The standard InChI is InChI=1S/C15H17BrN2O2/c1-10-17-12(15(16)18(10)2)8-11-4-5-13-14(9-11)20-7-3-6-19-13/h4-5,9H,3,6-8H2,1-2H3. The van der Waals surface area contributed by atoms with E-state index in [-0.39, 0.29) is 0 Å². The van der Waals surface area contributed by atoms with Crippen molar-refractivity contribution in [2.45, 2.75) is 19.8 Å². The number of aryl methyl sites for hydroxylation is 1. The Kier molecular flexibility index (Phi) is 3.70. The molecule has 0 saturated carbocycles. The van der Waals surface area contributed by atoms with Gasteiger partial charge in [0.1, 0.15) is 10.4 Å². The van der Waals surface area contributed by atoms with E-state index in [1.807, 2.05) is 24.6 Å². The Balaban J connectivity index is 1.87. The van der Waals surface area contributed by atoms with Gasteiger partial charge >= 0.3 is 0 Å². The number of hydrogen-bond donors (Lipinski definition) is 0. The van der Waals surface area contributed by atoms with E-state index in [1.165, 1.54) is 5.56 Å². The van der Waals surface area contributed by atoms with Crippen LogP contribution in [0, 0.1) is 6.92 Å². The largest absolute Gasteiger partial charge is 0.490 e. The summed E-state index contributed by atoms with van der Waals surface area (Å²) in [6.07, 6.45) is 1.70. The zero-order valence-corrected chi connectivity index (χ0v) is 13.2. The first kappa shape index (κ1) is 13.5. The molecule has 0 bridgehead atoms. The Bertz CT molecular complexity index is 637. The molecule has 0 atom stereocenters. The van der Waals surface area contributed by atoms with Crippen molar-refractivity contribution in [3.05, 3.63) is 39.9 Å². The third-order valence-electron chi connectivity index (χ3n) is 3.50. The van der Waals surface area contributed by atoms with E-state index >= 15 is 0 Å². The van der Waals surface area contributed by atoms with Crippen LogP contribution >= 0.6 is 15.9 Å². The van der Waals surface area contributed by atoms with Crippen LogP contribution in [0.1, 0.15) is 23.5 Å². The molecule has 106 valence electrons. The van der Waals surface area contributed by atoms with Gasteiger partial charge in [-0.25, -0.2) is 4.98 Å². The highest BCUT2D eigenvalue weighted by Crippen LogP contribution is 2.31. The highest BCUT2D eigenvalue weighted by molar-refractivity contribution is 9.10. The van der Waals surface area contributed by atoms with Gasteiger partial charge in [-0.3, -0.25) is 0 Å². The second kappa shape index (κ2) is 5.48. The van der Waals surface area contributed by atoms with Gasteiger partial charge in [-0.05, 0) is 40.5 Å². The molecule has 5 heteroatoms. The molecule has 1 aliphatic heterocycles. The monoisotopic (exact) mass is 336 g/mol. The van der Waals surface area contributed by atoms with Crippen LogP contribution in [0.15, 0.2) is 22.8 Å². The summed E-state index contributed by atoms with van der Waals surface area (Å²) in [7, 11) is 2.00. The van der Waals surface area contributed by atoms with Crippen molar-refractivity contribution in [2.75, 3.05) is 13.2 Å². The highest BCUT2D eigenvalue weighted by Gasteiger charge is 2.14. The molecule has 20 heavy (non-hydrogen) atoms. The van der Waals surface area contributed by atoms with Gasteiger partial charge in [0.2, 0.25) is 0 Å². The Morgan fingerprint density at radius 1 is 1.25 bits per heavy atom. The number of fused-ring (bicyclic) bond motifs is 1. The van der Waals surface area contributed by atoms with E-state index in [2.05, 4.69) is 33.0 Å². The molecule has 0 fully saturated rings. The lowest BCUT2D eigenvalue weighted by molar-refractivity contribution is 0.297. The molecule has 2 aromatic rings. The van der Waals surface area contributed by atoms with Gasteiger partial charge in [-0.2, -0.15) is 0 Å². The van der Waals surface area contributed by atoms with Crippen molar-refractivity contribution >= 4 is 15.9 Å². The SMILES string of the molecule is Cc1nc(Cc2ccc3c(c2)OCCCO3)c(Br)n1C. The highest BCUT2D eigenvalue weighted by atomic mass is 79.9. The summed E-state index contributed by atoms with van der Waals surface area (Å²) in [6, 6.07) is 6.11. The number of imidazole rings is 1. The van der Waals surface area contributed by atoms with Crippen LogP contribution in [0.2, 0.25) is 0 Å². The molecule has 3 rings (SSSR count). The average molecular weight is 337 g/mol. The quantitative estimate of drug-likeness (QED) is 0.844. The Morgan fingerprint density at radius 2 is 2.00 bits per heavy atom. The van der Waals surface area contributed by atoms with Crippen LogP contribution in [0.4, 0.5) is 0 Å². The summed E-state index contributed by atoms with van der Waals surface area (Å²) in [5.41, 5.74) is 2.22. The third-order valence-corrected chi connectivity index (χ3v) is 4.49. The molecule has 1 aromatic carbocycles. The lowest BCUT2D eigenvalue weighted by atomic mass is 10.1. The topological polar surface area (TPSA) is 36.3 Å².